The summed E-state index contributed by atoms with van der Waals surface area (Å²) in [5.74, 6) is 0.300. The van der Waals surface area contributed by atoms with Crippen LogP contribution in [0.3, 0.4) is 0 Å². The van der Waals surface area contributed by atoms with Crippen LogP contribution in [0, 0.1) is 0 Å². The van der Waals surface area contributed by atoms with Crippen molar-refractivity contribution in [3.63, 3.8) is 0 Å². The molecule has 8 heteroatoms. The highest BCUT2D eigenvalue weighted by molar-refractivity contribution is 5.86. The Kier molecular flexibility index (Phi) is 6.85. The summed E-state index contributed by atoms with van der Waals surface area (Å²) < 4.78 is 8.26. The Bertz CT molecular complexity index is 1580. The summed E-state index contributed by atoms with van der Waals surface area (Å²) >= 11 is 0. The van der Waals surface area contributed by atoms with Crippen LogP contribution in [0.5, 0.6) is 0 Å². The summed E-state index contributed by atoms with van der Waals surface area (Å²) in [5.41, 5.74) is 5.33. The first-order valence-corrected chi connectivity index (χ1v) is 13.4. The molecule has 0 aliphatic carbocycles. The maximum Gasteiger partial charge on any atom is 0.168 e. The third kappa shape index (κ3) is 4.55. The molecule has 5 aromatic rings. The molecule has 3 aromatic carbocycles. The van der Waals surface area contributed by atoms with Crippen LogP contribution in [0.1, 0.15) is 22.9 Å². The van der Waals surface area contributed by atoms with E-state index in [1.165, 1.54) is 6.33 Å². The van der Waals surface area contributed by atoms with Gasteiger partial charge in [-0.1, -0.05) is 91.0 Å². The summed E-state index contributed by atoms with van der Waals surface area (Å²) in [6.07, 6.45) is 0.0922. The molecule has 5 atom stereocenters. The van der Waals surface area contributed by atoms with Gasteiger partial charge in [0, 0.05) is 25.5 Å². The van der Waals surface area contributed by atoms with Gasteiger partial charge >= 0.3 is 0 Å². The van der Waals surface area contributed by atoms with E-state index in [2.05, 4.69) is 9.97 Å². The quantitative estimate of drug-likeness (QED) is 0.239. The van der Waals surface area contributed by atoms with E-state index < -0.39 is 29.6 Å². The second-order valence-corrected chi connectivity index (χ2v) is 10.6. The molecule has 8 nitrogen and oxygen atoms in total. The van der Waals surface area contributed by atoms with Crippen LogP contribution in [-0.4, -0.2) is 53.3 Å². The number of rotatable bonds is 8. The lowest BCUT2D eigenvalue weighted by Gasteiger charge is -2.42. The third-order valence-electron chi connectivity index (χ3n) is 7.97. The lowest BCUT2D eigenvalue weighted by Crippen LogP contribution is -2.62. The average molecular weight is 537 g/mol. The van der Waals surface area contributed by atoms with Crippen molar-refractivity contribution in [3.8, 4) is 0 Å². The monoisotopic (exact) mass is 536 g/mol. The molecule has 1 aliphatic rings. The van der Waals surface area contributed by atoms with Gasteiger partial charge in [-0.25, -0.2) is 9.97 Å². The van der Waals surface area contributed by atoms with Gasteiger partial charge in [0.2, 0.25) is 0 Å². The number of nitrogens with two attached hydrogens (primary N) is 1. The number of hydrogen-bond acceptors (Lipinski definition) is 7. The number of aromatic nitrogens is 3. The van der Waals surface area contributed by atoms with Crippen LogP contribution in [0.15, 0.2) is 110 Å². The number of fused-ring (bicyclic) bond motifs is 1. The van der Waals surface area contributed by atoms with Crippen molar-refractivity contribution in [2.45, 2.75) is 48.9 Å². The van der Waals surface area contributed by atoms with Crippen LogP contribution >= 0.6 is 0 Å². The summed E-state index contributed by atoms with van der Waals surface area (Å²) in [6.45, 7) is 0. The highest BCUT2D eigenvalue weighted by atomic mass is 16.6. The highest BCUT2D eigenvalue weighted by Gasteiger charge is 2.67. The molecule has 204 valence electrons. The summed E-state index contributed by atoms with van der Waals surface area (Å²) in [6, 6.07) is 30.3. The predicted octanol–water partition coefficient (Wildman–Crippen LogP) is 3.46. The standard InChI is InChI=1S/C32H32N4O4/c33-28-25-16-17-36(29(25)35-21-34-28)30-32(39,20-24-14-8-3-9-15-24)31(38,19-23-12-6-2-7-13-23)27(40-30)26(37)18-22-10-4-1-5-11-22/h1-17,21,26-27,30,37-39H,18-20H2,(H2,33,34,35)/t26?,27-,30-,31-,32-/m1/s1. The molecule has 1 unspecified atom stereocenters. The molecule has 0 spiro atoms. The zero-order valence-electron chi connectivity index (χ0n) is 21.9. The minimum Gasteiger partial charge on any atom is -0.390 e. The van der Waals surface area contributed by atoms with Gasteiger partial charge in [-0.15, -0.1) is 0 Å². The Hall–Kier alpha value is -4.08. The lowest BCUT2D eigenvalue weighted by atomic mass is 9.71. The van der Waals surface area contributed by atoms with Gasteiger partial charge in [0.1, 0.15) is 35.1 Å². The third-order valence-corrected chi connectivity index (χ3v) is 7.97. The minimum atomic E-state index is -1.89. The summed E-state index contributed by atoms with van der Waals surface area (Å²) in [5, 5.41) is 37.8. The van der Waals surface area contributed by atoms with Crippen LogP contribution in [-0.2, 0) is 24.0 Å². The Labute approximate surface area is 232 Å². The smallest absolute Gasteiger partial charge is 0.168 e. The molecule has 0 amide bonds. The molecule has 0 saturated carbocycles. The number of nitrogens with zero attached hydrogens (tertiary/aromatic N) is 3. The Morgan fingerprint density at radius 1 is 0.775 bits per heavy atom. The molecule has 0 bridgehead atoms. The molecule has 1 aliphatic heterocycles. The number of anilines is 1. The molecule has 5 N–H and O–H groups in total. The van der Waals surface area contributed by atoms with Crippen molar-refractivity contribution in [1.29, 1.82) is 0 Å². The van der Waals surface area contributed by atoms with E-state index in [0.29, 0.717) is 16.9 Å². The molecule has 2 aromatic heterocycles. The van der Waals surface area contributed by atoms with Crippen molar-refractivity contribution >= 4 is 16.9 Å². The zero-order valence-corrected chi connectivity index (χ0v) is 21.9. The topological polar surface area (TPSA) is 127 Å². The summed E-state index contributed by atoms with van der Waals surface area (Å²) in [4.78, 5) is 8.51. The molecule has 1 saturated heterocycles. The molecule has 1 fully saturated rings. The molecule has 6 rings (SSSR count). The van der Waals surface area contributed by atoms with E-state index >= 15 is 0 Å². The summed E-state index contributed by atoms with van der Waals surface area (Å²) in [7, 11) is 0. The Balaban J connectivity index is 1.51. The van der Waals surface area contributed by atoms with E-state index in [1.54, 1.807) is 16.8 Å². The number of hydrogen-bond donors (Lipinski definition) is 4. The maximum atomic E-state index is 12.8. The lowest BCUT2D eigenvalue weighted by molar-refractivity contribution is -0.160. The first-order valence-electron chi connectivity index (χ1n) is 13.4. The number of benzene rings is 3. The second-order valence-electron chi connectivity index (χ2n) is 10.6. The van der Waals surface area contributed by atoms with Gasteiger partial charge in [0.15, 0.2) is 6.23 Å². The van der Waals surface area contributed by atoms with Crippen LogP contribution in [0.4, 0.5) is 5.82 Å². The largest absolute Gasteiger partial charge is 0.390 e. The van der Waals surface area contributed by atoms with Crippen molar-refractivity contribution in [2.75, 3.05) is 5.73 Å². The first kappa shape index (κ1) is 26.2. The van der Waals surface area contributed by atoms with E-state index in [1.807, 2.05) is 91.0 Å². The van der Waals surface area contributed by atoms with E-state index in [-0.39, 0.29) is 19.3 Å². The fourth-order valence-corrected chi connectivity index (χ4v) is 5.98. The number of nitrogen functional groups attached to an aromatic ring is 1. The van der Waals surface area contributed by atoms with Crippen molar-refractivity contribution in [3.05, 3.63) is 126 Å². The SMILES string of the molecule is Nc1ncnc2c1ccn2[C@@H]1O[C@H](C(O)Cc2ccccc2)[C@](O)(Cc2ccccc2)[C@@]1(O)Cc1ccccc1. The van der Waals surface area contributed by atoms with E-state index in [9.17, 15) is 15.3 Å². The number of aliphatic hydroxyl groups excluding tert-OH is 1. The predicted molar refractivity (Wildman–Crippen MR) is 152 cm³/mol. The minimum absolute atomic E-state index is 0.0561. The van der Waals surface area contributed by atoms with Gasteiger partial charge < -0.3 is 30.4 Å². The normalized spacial score (nSPS) is 25.3. The zero-order chi connectivity index (χ0) is 27.7. The van der Waals surface area contributed by atoms with Crippen molar-refractivity contribution in [2.24, 2.45) is 0 Å². The Morgan fingerprint density at radius 2 is 1.32 bits per heavy atom. The molecule has 0 radical (unpaired) electrons. The fraction of sp³-hybridized carbons (Fsp3) is 0.250. The van der Waals surface area contributed by atoms with Crippen LogP contribution in [0.25, 0.3) is 11.0 Å². The molecule has 40 heavy (non-hydrogen) atoms. The number of aliphatic hydroxyl groups is 3. The van der Waals surface area contributed by atoms with Crippen LogP contribution < -0.4 is 5.73 Å². The van der Waals surface area contributed by atoms with Crippen LogP contribution in [0.2, 0.25) is 0 Å². The van der Waals surface area contributed by atoms with E-state index in [0.717, 1.165) is 16.7 Å². The average Bonchev–Trinajstić information content (AvgIpc) is 3.48. The highest BCUT2D eigenvalue weighted by Crippen LogP contribution is 2.51. The molecular formula is C32H32N4O4. The number of ether oxygens (including phenoxy) is 1. The molecule has 3 heterocycles. The van der Waals surface area contributed by atoms with Gasteiger partial charge in [0.05, 0.1) is 11.5 Å². The molecular weight excluding hydrogens is 504 g/mol. The van der Waals surface area contributed by atoms with Gasteiger partial charge in [-0.3, -0.25) is 0 Å². The van der Waals surface area contributed by atoms with Gasteiger partial charge in [-0.05, 0) is 22.8 Å². The van der Waals surface area contributed by atoms with Gasteiger partial charge in [0.25, 0.3) is 0 Å². The fourth-order valence-electron chi connectivity index (χ4n) is 5.98. The van der Waals surface area contributed by atoms with Crippen molar-refractivity contribution in [1.82, 2.24) is 14.5 Å². The van der Waals surface area contributed by atoms with Crippen molar-refractivity contribution < 1.29 is 20.1 Å². The van der Waals surface area contributed by atoms with E-state index in [4.69, 9.17) is 10.5 Å². The maximum absolute atomic E-state index is 12.8. The van der Waals surface area contributed by atoms with Gasteiger partial charge in [-0.2, -0.15) is 0 Å². The second kappa shape index (κ2) is 10.5. The first-order chi connectivity index (χ1) is 19.4. The Morgan fingerprint density at radius 3 is 1.93 bits per heavy atom.